The summed E-state index contributed by atoms with van der Waals surface area (Å²) in [6.07, 6.45) is 0.263. The molecule has 5 heteroatoms. The molecule has 0 aliphatic heterocycles. The number of aliphatic hydroxyl groups is 1. The highest BCUT2D eigenvalue weighted by Crippen LogP contribution is 2.30. The highest BCUT2D eigenvalue weighted by Gasteiger charge is 2.37. The number of hydrogen-bond acceptors (Lipinski definition) is 3. The zero-order chi connectivity index (χ0) is 13.1. The van der Waals surface area contributed by atoms with Crippen molar-refractivity contribution in [3.63, 3.8) is 0 Å². The smallest absolute Gasteiger partial charge is 0.408 e. The Labute approximate surface area is 102 Å². The van der Waals surface area contributed by atoms with Crippen molar-refractivity contribution in [1.82, 2.24) is 5.32 Å². The molecular formula is C12H22FNO3. The van der Waals surface area contributed by atoms with Crippen LogP contribution in [-0.4, -0.2) is 35.1 Å². The van der Waals surface area contributed by atoms with Gasteiger partial charge in [-0.2, -0.15) is 0 Å². The molecule has 2 N–H and O–H groups in total. The van der Waals surface area contributed by atoms with E-state index in [4.69, 9.17) is 4.74 Å². The maximum atomic E-state index is 13.0. The summed E-state index contributed by atoms with van der Waals surface area (Å²) in [7, 11) is 0. The molecule has 17 heavy (non-hydrogen) atoms. The topological polar surface area (TPSA) is 58.6 Å². The van der Waals surface area contributed by atoms with Crippen LogP contribution in [0.5, 0.6) is 0 Å². The molecule has 0 aromatic carbocycles. The van der Waals surface area contributed by atoms with Crippen molar-refractivity contribution < 1.29 is 19.0 Å². The fourth-order valence-electron chi connectivity index (χ4n) is 1.98. The summed E-state index contributed by atoms with van der Waals surface area (Å²) in [5.41, 5.74) is -1.29. The Morgan fingerprint density at radius 3 is 2.41 bits per heavy atom. The van der Waals surface area contributed by atoms with Crippen molar-refractivity contribution in [3.05, 3.63) is 0 Å². The van der Waals surface area contributed by atoms with Crippen molar-refractivity contribution in [1.29, 1.82) is 0 Å². The van der Waals surface area contributed by atoms with E-state index in [1.165, 1.54) is 0 Å². The third-order valence-electron chi connectivity index (χ3n) is 2.94. The van der Waals surface area contributed by atoms with E-state index in [-0.39, 0.29) is 6.61 Å². The van der Waals surface area contributed by atoms with E-state index in [1.54, 1.807) is 20.8 Å². The lowest BCUT2D eigenvalue weighted by Crippen LogP contribution is -2.54. The second kappa shape index (κ2) is 5.21. The predicted octanol–water partition coefficient (Wildman–Crippen LogP) is 2.15. The summed E-state index contributed by atoms with van der Waals surface area (Å²) < 4.78 is 18.2. The SMILES string of the molecule is CC(C)(C)OC(=O)NC1(CO)CCC(F)CC1. The third kappa shape index (κ3) is 4.50. The lowest BCUT2D eigenvalue weighted by molar-refractivity contribution is 0.0294. The summed E-state index contributed by atoms with van der Waals surface area (Å²) in [5, 5.41) is 12.1. The average Bonchev–Trinajstić information content (AvgIpc) is 2.19. The fourth-order valence-corrected chi connectivity index (χ4v) is 1.98. The Bertz CT molecular complexity index is 267. The molecule has 1 rings (SSSR count). The summed E-state index contributed by atoms with van der Waals surface area (Å²) >= 11 is 0. The molecule has 0 aromatic rings. The number of nitrogens with one attached hydrogen (secondary N) is 1. The number of ether oxygens (including phenoxy) is 1. The molecule has 100 valence electrons. The van der Waals surface area contributed by atoms with Crippen LogP contribution in [-0.2, 0) is 4.74 Å². The third-order valence-corrected chi connectivity index (χ3v) is 2.94. The van der Waals surface area contributed by atoms with Crippen molar-refractivity contribution >= 4 is 6.09 Å². The quantitative estimate of drug-likeness (QED) is 0.786. The van der Waals surface area contributed by atoms with Crippen molar-refractivity contribution in [2.75, 3.05) is 6.61 Å². The molecule has 0 radical (unpaired) electrons. The fraction of sp³-hybridized carbons (Fsp3) is 0.917. The van der Waals surface area contributed by atoms with Crippen LogP contribution in [0, 0.1) is 0 Å². The van der Waals surface area contributed by atoms with Crippen LogP contribution < -0.4 is 5.32 Å². The van der Waals surface area contributed by atoms with Gasteiger partial charge in [0.25, 0.3) is 0 Å². The summed E-state index contributed by atoms with van der Waals surface area (Å²) in [6.45, 7) is 5.14. The molecular weight excluding hydrogens is 225 g/mol. The van der Waals surface area contributed by atoms with Crippen LogP contribution in [0.4, 0.5) is 9.18 Å². The number of rotatable bonds is 2. The number of amides is 1. The zero-order valence-corrected chi connectivity index (χ0v) is 10.8. The minimum absolute atomic E-state index is 0.182. The number of halogens is 1. The highest BCUT2D eigenvalue weighted by atomic mass is 19.1. The average molecular weight is 247 g/mol. The first-order chi connectivity index (χ1) is 7.76. The van der Waals surface area contributed by atoms with Crippen LogP contribution in [0.15, 0.2) is 0 Å². The molecule has 0 atom stereocenters. The molecule has 0 bridgehead atoms. The second-order valence-electron chi connectivity index (χ2n) is 5.74. The van der Waals surface area contributed by atoms with Crippen molar-refractivity contribution in [2.24, 2.45) is 0 Å². The standard InChI is InChI=1S/C12H22FNO3/c1-11(2,3)17-10(16)14-12(8-15)6-4-9(13)5-7-12/h9,15H,4-8H2,1-3H3,(H,14,16). The molecule has 0 saturated heterocycles. The maximum absolute atomic E-state index is 13.0. The monoisotopic (exact) mass is 247 g/mol. The van der Waals surface area contributed by atoms with E-state index < -0.39 is 23.4 Å². The van der Waals surface area contributed by atoms with Gasteiger partial charge in [0.15, 0.2) is 0 Å². The summed E-state index contributed by atoms with van der Waals surface area (Å²) in [5.74, 6) is 0. The lowest BCUT2D eigenvalue weighted by atomic mass is 9.81. The maximum Gasteiger partial charge on any atom is 0.408 e. The van der Waals surface area contributed by atoms with Gasteiger partial charge in [-0.1, -0.05) is 0 Å². The Hall–Kier alpha value is -0.840. The Kier molecular flexibility index (Phi) is 4.36. The molecule has 0 unspecified atom stereocenters. The molecule has 1 aliphatic rings. The Balaban J connectivity index is 2.54. The van der Waals surface area contributed by atoms with Crippen LogP contribution >= 0.6 is 0 Å². The predicted molar refractivity (Wildman–Crippen MR) is 62.6 cm³/mol. The molecule has 0 heterocycles. The number of carbonyl (C=O) groups excluding carboxylic acids is 1. The molecule has 1 amide bonds. The van der Waals surface area contributed by atoms with E-state index in [0.29, 0.717) is 25.7 Å². The minimum Gasteiger partial charge on any atom is -0.444 e. The normalized spacial score (nSPS) is 29.8. The second-order valence-corrected chi connectivity index (χ2v) is 5.74. The van der Waals surface area contributed by atoms with Crippen LogP contribution in [0.25, 0.3) is 0 Å². The zero-order valence-electron chi connectivity index (χ0n) is 10.8. The van der Waals surface area contributed by atoms with Gasteiger partial charge in [0, 0.05) is 0 Å². The molecule has 1 fully saturated rings. The minimum atomic E-state index is -0.824. The molecule has 4 nitrogen and oxygen atoms in total. The Morgan fingerprint density at radius 1 is 1.47 bits per heavy atom. The number of aliphatic hydroxyl groups excluding tert-OH is 1. The summed E-state index contributed by atoms with van der Waals surface area (Å²) in [6, 6.07) is 0. The molecule has 1 saturated carbocycles. The van der Waals surface area contributed by atoms with Gasteiger partial charge in [-0.3, -0.25) is 0 Å². The van der Waals surface area contributed by atoms with Gasteiger partial charge in [0.2, 0.25) is 0 Å². The van der Waals surface area contributed by atoms with E-state index in [0.717, 1.165) is 0 Å². The van der Waals surface area contributed by atoms with Gasteiger partial charge in [-0.25, -0.2) is 9.18 Å². The molecule has 1 aliphatic carbocycles. The van der Waals surface area contributed by atoms with Crippen molar-refractivity contribution in [3.8, 4) is 0 Å². The largest absolute Gasteiger partial charge is 0.444 e. The van der Waals surface area contributed by atoms with Crippen LogP contribution in [0.1, 0.15) is 46.5 Å². The van der Waals surface area contributed by atoms with E-state index in [9.17, 15) is 14.3 Å². The molecule has 0 spiro atoms. The van der Waals surface area contributed by atoms with Crippen LogP contribution in [0.2, 0.25) is 0 Å². The lowest BCUT2D eigenvalue weighted by Gasteiger charge is -2.37. The first kappa shape index (κ1) is 14.2. The molecule has 0 aromatic heterocycles. The van der Waals surface area contributed by atoms with Gasteiger partial charge >= 0.3 is 6.09 Å². The van der Waals surface area contributed by atoms with E-state index in [1.807, 2.05) is 0 Å². The van der Waals surface area contributed by atoms with Gasteiger partial charge in [-0.05, 0) is 46.5 Å². The van der Waals surface area contributed by atoms with Crippen molar-refractivity contribution in [2.45, 2.75) is 63.8 Å². The first-order valence-corrected chi connectivity index (χ1v) is 6.02. The Morgan fingerprint density at radius 2 is 2.00 bits per heavy atom. The van der Waals surface area contributed by atoms with Gasteiger partial charge in [-0.15, -0.1) is 0 Å². The first-order valence-electron chi connectivity index (χ1n) is 6.02. The highest BCUT2D eigenvalue weighted by molar-refractivity contribution is 5.68. The number of alkyl halides is 1. The number of carbonyl (C=O) groups is 1. The van der Waals surface area contributed by atoms with Gasteiger partial charge in [0.05, 0.1) is 12.1 Å². The number of alkyl carbamates (subject to hydrolysis) is 1. The van der Waals surface area contributed by atoms with Crippen LogP contribution in [0.3, 0.4) is 0 Å². The van der Waals surface area contributed by atoms with E-state index in [2.05, 4.69) is 5.32 Å². The van der Waals surface area contributed by atoms with Gasteiger partial charge in [0.1, 0.15) is 11.8 Å². The summed E-state index contributed by atoms with van der Waals surface area (Å²) in [4.78, 5) is 11.6. The number of hydrogen-bond donors (Lipinski definition) is 2. The van der Waals surface area contributed by atoms with E-state index >= 15 is 0 Å². The van der Waals surface area contributed by atoms with Gasteiger partial charge < -0.3 is 15.2 Å².